The van der Waals surface area contributed by atoms with Crippen LogP contribution in [0.3, 0.4) is 0 Å². The lowest BCUT2D eigenvalue weighted by Gasteiger charge is -2.10. The number of hydrogen-bond acceptors (Lipinski definition) is 4. The van der Waals surface area contributed by atoms with Gasteiger partial charge < -0.3 is 15.2 Å². The SMILES string of the molecule is CCNC(=NCc1ccc(Cn2ccnc2)cc1)NCc1nc(C)c(C)s1. The molecule has 0 bridgehead atoms. The summed E-state index contributed by atoms with van der Waals surface area (Å²) >= 11 is 1.73. The molecule has 0 aliphatic heterocycles. The average Bonchev–Trinajstić information content (AvgIpc) is 3.28. The molecule has 0 saturated heterocycles. The second-order valence-electron chi connectivity index (χ2n) is 6.35. The lowest BCUT2D eigenvalue weighted by Crippen LogP contribution is -2.36. The molecular weight excluding hydrogens is 356 g/mol. The molecule has 142 valence electrons. The molecule has 0 aliphatic rings. The third-order valence-electron chi connectivity index (χ3n) is 4.19. The van der Waals surface area contributed by atoms with E-state index in [1.165, 1.54) is 16.0 Å². The van der Waals surface area contributed by atoms with Gasteiger partial charge in [-0.1, -0.05) is 24.3 Å². The van der Waals surface area contributed by atoms with Crippen molar-refractivity contribution in [1.82, 2.24) is 25.2 Å². The standard InChI is InChI=1S/C20H26N6S/c1-4-22-20(24-12-19-25-15(2)16(3)27-19)23-11-17-5-7-18(8-6-17)13-26-10-9-21-14-26/h5-10,14H,4,11-13H2,1-3H3,(H2,22,23,24). The topological polar surface area (TPSA) is 67.1 Å². The van der Waals surface area contributed by atoms with E-state index in [-0.39, 0.29) is 0 Å². The molecule has 0 aliphatic carbocycles. The largest absolute Gasteiger partial charge is 0.357 e. The number of nitrogens with one attached hydrogen (secondary N) is 2. The van der Waals surface area contributed by atoms with Crippen LogP contribution in [-0.2, 0) is 19.6 Å². The molecule has 0 amide bonds. The number of imidazole rings is 1. The molecule has 0 unspecified atom stereocenters. The number of thiazole rings is 1. The van der Waals surface area contributed by atoms with Gasteiger partial charge in [0.05, 0.1) is 25.1 Å². The van der Waals surface area contributed by atoms with E-state index in [4.69, 9.17) is 0 Å². The second-order valence-corrected chi connectivity index (χ2v) is 7.64. The molecular formula is C20H26N6S. The minimum atomic E-state index is 0.636. The Balaban J connectivity index is 1.57. The summed E-state index contributed by atoms with van der Waals surface area (Å²) < 4.78 is 2.06. The van der Waals surface area contributed by atoms with E-state index in [2.05, 4.69) is 68.3 Å². The van der Waals surface area contributed by atoms with E-state index in [1.807, 2.05) is 19.4 Å². The number of aryl methyl sites for hydroxylation is 2. The summed E-state index contributed by atoms with van der Waals surface area (Å²) in [5.74, 6) is 0.811. The maximum absolute atomic E-state index is 4.69. The normalized spacial score (nSPS) is 11.6. The highest BCUT2D eigenvalue weighted by Crippen LogP contribution is 2.16. The molecule has 7 heteroatoms. The third kappa shape index (κ3) is 5.65. The van der Waals surface area contributed by atoms with Gasteiger partial charge in [-0.25, -0.2) is 15.0 Å². The van der Waals surface area contributed by atoms with Crippen molar-refractivity contribution in [2.45, 2.75) is 40.4 Å². The van der Waals surface area contributed by atoms with E-state index < -0.39 is 0 Å². The van der Waals surface area contributed by atoms with Crippen LogP contribution in [0.25, 0.3) is 0 Å². The van der Waals surface area contributed by atoms with Gasteiger partial charge in [-0.2, -0.15) is 0 Å². The summed E-state index contributed by atoms with van der Waals surface area (Å²) in [6.45, 7) is 9.20. The van der Waals surface area contributed by atoms with Gasteiger partial charge in [0.2, 0.25) is 0 Å². The average molecular weight is 383 g/mol. The highest BCUT2D eigenvalue weighted by atomic mass is 32.1. The first kappa shape index (κ1) is 19.1. The maximum atomic E-state index is 4.69. The Morgan fingerprint density at radius 1 is 1.15 bits per heavy atom. The van der Waals surface area contributed by atoms with Crippen LogP contribution < -0.4 is 10.6 Å². The van der Waals surface area contributed by atoms with Crippen LogP contribution in [0.2, 0.25) is 0 Å². The van der Waals surface area contributed by atoms with Crippen LogP contribution in [0.5, 0.6) is 0 Å². The van der Waals surface area contributed by atoms with E-state index in [0.717, 1.165) is 29.8 Å². The molecule has 2 aromatic heterocycles. The van der Waals surface area contributed by atoms with E-state index in [1.54, 1.807) is 17.5 Å². The molecule has 27 heavy (non-hydrogen) atoms. The van der Waals surface area contributed by atoms with Gasteiger partial charge in [-0.3, -0.25) is 0 Å². The Labute approximate surface area is 164 Å². The van der Waals surface area contributed by atoms with E-state index in [0.29, 0.717) is 13.1 Å². The van der Waals surface area contributed by atoms with Gasteiger partial charge in [0, 0.05) is 30.4 Å². The summed E-state index contributed by atoms with van der Waals surface area (Å²) in [5, 5.41) is 7.74. The van der Waals surface area contributed by atoms with Crippen LogP contribution in [0, 0.1) is 13.8 Å². The lowest BCUT2D eigenvalue weighted by atomic mass is 10.1. The van der Waals surface area contributed by atoms with Crippen LogP contribution in [-0.4, -0.2) is 27.0 Å². The predicted octanol–water partition coefficient (Wildman–Crippen LogP) is 3.26. The zero-order chi connectivity index (χ0) is 19.1. The molecule has 6 nitrogen and oxygen atoms in total. The minimum Gasteiger partial charge on any atom is -0.357 e. The molecule has 3 aromatic rings. The first-order chi connectivity index (χ1) is 13.1. The Kier molecular flexibility index (Phi) is 6.59. The van der Waals surface area contributed by atoms with E-state index in [9.17, 15) is 0 Å². The van der Waals surface area contributed by atoms with Crippen LogP contribution in [0.1, 0.15) is 33.6 Å². The molecule has 0 spiro atoms. The molecule has 2 N–H and O–H groups in total. The van der Waals surface area contributed by atoms with Crippen LogP contribution in [0.15, 0.2) is 48.0 Å². The number of guanidine groups is 1. The zero-order valence-corrected chi connectivity index (χ0v) is 16.9. The third-order valence-corrected chi connectivity index (χ3v) is 5.26. The van der Waals surface area contributed by atoms with Crippen molar-refractivity contribution in [3.8, 4) is 0 Å². The number of aliphatic imine (C=N–C) groups is 1. The molecule has 0 fully saturated rings. The van der Waals surface area contributed by atoms with Crippen molar-refractivity contribution < 1.29 is 0 Å². The Morgan fingerprint density at radius 3 is 2.56 bits per heavy atom. The first-order valence-electron chi connectivity index (χ1n) is 9.12. The van der Waals surface area contributed by atoms with Gasteiger partial charge in [0.25, 0.3) is 0 Å². The van der Waals surface area contributed by atoms with Gasteiger partial charge in [-0.15, -0.1) is 11.3 Å². The fraction of sp³-hybridized carbons (Fsp3) is 0.350. The molecule has 2 heterocycles. The second kappa shape index (κ2) is 9.32. The van der Waals surface area contributed by atoms with Crippen molar-refractivity contribution in [2.24, 2.45) is 4.99 Å². The van der Waals surface area contributed by atoms with Crippen molar-refractivity contribution in [3.63, 3.8) is 0 Å². The van der Waals surface area contributed by atoms with Crippen molar-refractivity contribution >= 4 is 17.3 Å². The number of aromatic nitrogens is 3. The number of nitrogens with zero attached hydrogens (tertiary/aromatic N) is 4. The summed E-state index contributed by atoms with van der Waals surface area (Å²) in [6.07, 6.45) is 5.60. The van der Waals surface area contributed by atoms with Crippen molar-refractivity contribution in [2.75, 3.05) is 6.54 Å². The molecule has 3 rings (SSSR count). The Bertz CT molecular complexity index is 845. The summed E-state index contributed by atoms with van der Waals surface area (Å²) in [5.41, 5.74) is 3.54. The Hall–Kier alpha value is -2.67. The maximum Gasteiger partial charge on any atom is 0.191 e. The van der Waals surface area contributed by atoms with Crippen molar-refractivity contribution in [1.29, 1.82) is 0 Å². The molecule has 0 atom stereocenters. The van der Waals surface area contributed by atoms with Gasteiger partial charge in [0.1, 0.15) is 5.01 Å². The smallest absolute Gasteiger partial charge is 0.191 e. The summed E-state index contributed by atoms with van der Waals surface area (Å²) in [6, 6.07) is 8.55. The van der Waals surface area contributed by atoms with Crippen LogP contribution in [0.4, 0.5) is 0 Å². The zero-order valence-electron chi connectivity index (χ0n) is 16.1. The van der Waals surface area contributed by atoms with Gasteiger partial charge in [0.15, 0.2) is 5.96 Å². The number of hydrogen-bond donors (Lipinski definition) is 2. The van der Waals surface area contributed by atoms with Gasteiger partial charge in [-0.05, 0) is 31.9 Å². The molecule has 0 radical (unpaired) electrons. The van der Waals surface area contributed by atoms with Gasteiger partial charge >= 0.3 is 0 Å². The molecule has 1 aromatic carbocycles. The van der Waals surface area contributed by atoms with Crippen LogP contribution >= 0.6 is 11.3 Å². The number of rotatable bonds is 7. The van der Waals surface area contributed by atoms with E-state index >= 15 is 0 Å². The monoisotopic (exact) mass is 382 g/mol. The number of benzene rings is 1. The van der Waals surface area contributed by atoms with Crippen molar-refractivity contribution in [3.05, 3.63) is 69.7 Å². The highest BCUT2D eigenvalue weighted by molar-refractivity contribution is 7.11. The first-order valence-corrected chi connectivity index (χ1v) is 9.94. The summed E-state index contributed by atoms with van der Waals surface area (Å²) in [4.78, 5) is 14.6. The quantitative estimate of drug-likeness (QED) is 0.486. The predicted molar refractivity (Wildman–Crippen MR) is 111 cm³/mol. The lowest BCUT2D eigenvalue weighted by molar-refractivity contribution is 0.795. The minimum absolute atomic E-state index is 0.636. The Morgan fingerprint density at radius 2 is 1.93 bits per heavy atom. The fourth-order valence-corrected chi connectivity index (χ4v) is 3.50. The summed E-state index contributed by atoms with van der Waals surface area (Å²) in [7, 11) is 0. The highest BCUT2D eigenvalue weighted by Gasteiger charge is 2.05. The fourth-order valence-electron chi connectivity index (χ4n) is 2.63. The molecule has 0 saturated carbocycles.